The summed E-state index contributed by atoms with van der Waals surface area (Å²) in [4.78, 5) is 0. The van der Waals surface area contributed by atoms with Gasteiger partial charge in [0.05, 0.1) is 0 Å². The Labute approximate surface area is 99.3 Å². The molecule has 0 radical (unpaired) electrons. The van der Waals surface area contributed by atoms with Gasteiger partial charge < -0.3 is 24.8 Å². The number of hydrogen-bond acceptors (Lipinski definition) is 2. The van der Waals surface area contributed by atoms with Crippen LogP contribution in [0.3, 0.4) is 0 Å². The van der Waals surface area contributed by atoms with Crippen LogP contribution in [-0.4, -0.2) is 0 Å². The van der Waals surface area contributed by atoms with Crippen LogP contribution >= 0.6 is 24.3 Å². The first kappa shape index (κ1) is 19.0. The van der Waals surface area contributed by atoms with Gasteiger partial charge in [-0.05, 0) is 5.56 Å². The van der Waals surface area contributed by atoms with E-state index in [2.05, 4.69) is 28.1 Å². The van der Waals surface area contributed by atoms with Crippen LogP contribution in [0.4, 0.5) is 0 Å². The van der Waals surface area contributed by atoms with E-state index in [-0.39, 0.29) is 24.8 Å². The number of hydrogen-bond donors (Lipinski definition) is 0. The Kier molecular flexibility index (Phi) is 21.6. The van der Waals surface area contributed by atoms with Crippen molar-refractivity contribution < 1.29 is 33.9 Å². The molecule has 0 saturated carbocycles. The first-order valence-electron chi connectivity index (χ1n) is 2.90. The summed E-state index contributed by atoms with van der Waals surface area (Å²) < 4.78 is 16.7. The second kappa shape index (κ2) is 14.8. The Bertz CT molecular complexity index is 227. The van der Waals surface area contributed by atoms with Gasteiger partial charge in [-0.1, -0.05) is 46.3 Å². The summed E-state index contributed by atoms with van der Waals surface area (Å²) in [5.74, 6) is 0. The van der Waals surface area contributed by atoms with E-state index in [9.17, 15) is 0 Å². The summed E-state index contributed by atoms with van der Waals surface area (Å²) in [5.41, 5.74) is 1.33. The van der Waals surface area contributed by atoms with Crippen molar-refractivity contribution in [2.45, 2.75) is 5.33 Å². The Morgan fingerprint density at radius 3 is 1.69 bits per heavy atom. The molecule has 2 nitrogen and oxygen atoms in total. The van der Waals surface area contributed by atoms with Gasteiger partial charge in [0, 0.05) is 5.33 Å². The van der Waals surface area contributed by atoms with Crippen molar-refractivity contribution in [2.24, 2.45) is 0 Å². The third-order valence-electron chi connectivity index (χ3n) is 0.997. The molecule has 74 valence electrons. The molecule has 1 aromatic carbocycles. The van der Waals surface area contributed by atoms with Crippen LogP contribution in [0.2, 0.25) is 0 Å². The molecule has 6 heteroatoms. The van der Waals surface area contributed by atoms with Crippen molar-refractivity contribution >= 4 is 24.3 Å². The molecule has 1 rings (SSSR count). The van der Waals surface area contributed by atoms with Crippen LogP contribution in [-0.2, 0) is 14.5 Å². The van der Waals surface area contributed by atoms with Gasteiger partial charge in [0.25, 0.3) is 0 Å². The molecule has 1 aromatic rings. The minimum Gasteiger partial charge on any atom is -1.00 e. The van der Waals surface area contributed by atoms with Crippen molar-refractivity contribution in [2.75, 3.05) is 0 Å². The predicted octanol–water partition coefficient (Wildman–Crippen LogP) is -2.79. The molecule has 0 spiro atoms. The summed E-state index contributed by atoms with van der Waals surface area (Å²) in [6.07, 6.45) is 0. The van der Waals surface area contributed by atoms with Gasteiger partial charge in [0.15, 0.2) is 0 Å². The molecule has 0 heterocycles. The van der Waals surface area contributed by atoms with Crippen molar-refractivity contribution in [3.63, 3.8) is 0 Å². The molecule has 0 aliphatic carbocycles. The number of alkyl halides is 1. The summed E-state index contributed by atoms with van der Waals surface area (Å²) in [6.45, 7) is 0. The molecule has 0 aliphatic rings. The van der Waals surface area contributed by atoms with Crippen molar-refractivity contribution in [3.05, 3.63) is 35.9 Å². The molecule has 0 amide bonds. The molecule has 0 aromatic heterocycles. The number of halogens is 3. The third kappa shape index (κ3) is 12.3. The first-order chi connectivity index (χ1) is 5.35. The summed E-state index contributed by atoms with van der Waals surface area (Å²) in [7, 11) is -1.08. The quantitative estimate of drug-likeness (QED) is 0.415. The fraction of sp³-hybridized carbons (Fsp3) is 0.143. The van der Waals surface area contributed by atoms with Gasteiger partial charge >= 0.3 is 17.5 Å². The monoisotopic (exact) mass is 303 g/mol. The average Bonchev–Trinajstić information content (AvgIpc) is 2.08. The van der Waals surface area contributed by atoms with Gasteiger partial charge in [-0.15, -0.1) is 0 Å². The zero-order chi connectivity index (χ0) is 8.53. The molecule has 13 heavy (non-hydrogen) atoms. The molecular formula is C7H7BrCl2O2P-. The molecule has 0 saturated heterocycles. The molecule has 0 bridgehead atoms. The van der Waals surface area contributed by atoms with Crippen LogP contribution < -0.4 is 24.8 Å². The second-order valence-electron chi connectivity index (χ2n) is 1.69. The van der Waals surface area contributed by atoms with E-state index < -0.39 is 8.34 Å². The van der Waals surface area contributed by atoms with Crippen LogP contribution in [0, 0.1) is 0 Å². The predicted molar refractivity (Wildman–Crippen MR) is 47.4 cm³/mol. The maximum Gasteiger partial charge on any atom is -1.00 e. The van der Waals surface area contributed by atoms with E-state index >= 15 is 0 Å². The minimum absolute atomic E-state index is 0. The normalized spacial score (nSPS) is 6.23. The van der Waals surface area contributed by atoms with Crippen molar-refractivity contribution in [1.29, 1.82) is 0 Å². The smallest absolute Gasteiger partial charge is 1.00 e. The maximum absolute atomic E-state index is 8.35. The molecule has 0 fully saturated rings. The summed E-state index contributed by atoms with van der Waals surface area (Å²) in [5, 5.41) is 0.952. The Morgan fingerprint density at radius 1 is 1.08 bits per heavy atom. The molecule has 0 unspecified atom stereocenters. The Morgan fingerprint density at radius 2 is 1.46 bits per heavy atom. The zero-order valence-corrected chi connectivity index (χ0v) is 10.5. The van der Waals surface area contributed by atoms with E-state index in [1.807, 2.05) is 18.2 Å². The second-order valence-corrected chi connectivity index (χ2v) is 2.40. The maximum atomic E-state index is 8.35. The molecular weight excluding hydrogens is 298 g/mol. The summed E-state index contributed by atoms with van der Waals surface area (Å²) >= 11 is 3.36. The fourth-order valence-corrected chi connectivity index (χ4v) is 0.941. The van der Waals surface area contributed by atoms with E-state index in [1.54, 1.807) is 0 Å². The van der Waals surface area contributed by atoms with Crippen LogP contribution in [0.5, 0.6) is 0 Å². The zero-order valence-electron chi connectivity index (χ0n) is 6.49. The van der Waals surface area contributed by atoms with Crippen LogP contribution in [0.25, 0.3) is 0 Å². The SMILES string of the molecule is BrCc1ccccc1.O=[P+]=O.[Cl-].[Cl-]. The molecule has 0 N–H and O–H groups in total. The average molecular weight is 305 g/mol. The van der Waals surface area contributed by atoms with Gasteiger partial charge in [-0.2, -0.15) is 0 Å². The van der Waals surface area contributed by atoms with Crippen molar-refractivity contribution in [1.82, 2.24) is 0 Å². The standard InChI is InChI=1S/C7H7Br.2ClH.O2P/c8-6-7-4-2-1-3-5-7;;;1-3-2/h1-5H,6H2;2*1H;/q;;;+1/p-2. The van der Waals surface area contributed by atoms with Gasteiger partial charge in [0.1, 0.15) is 0 Å². The Hall–Kier alpha value is 0.310. The minimum atomic E-state index is -1.08. The molecule has 0 atom stereocenters. The number of benzene rings is 1. The van der Waals surface area contributed by atoms with Gasteiger partial charge in [-0.25, -0.2) is 0 Å². The van der Waals surface area contributed by atoms with Crippen LogP contribution in [0.1, 0.15) is 5.56 Å². The fourth-order valence-electron chi connectivity index (χ4n) is 0.567. The topological polar surface area (TPSA) is 34.1 Å². The van der Waals surface area contributed by atoms with Gasteiger partial charge in [-0.3, -0.25) is 0 Å². The van der Waals surface area contributed by atoms with Crippen molar-refractivity contribution in [3.8, 4) is 0 Å². The van der Waals surface area contributed by atoms with E-state index in [1.165, 1.54) is 5.56 Å². The van der Waals surface area contributed by atoms with Gasteiger partial charge in [0.2, 0.25) is 0 Å². The third-order valence-corrected chi connectivity index (χ3v) is 1.64. The van der Waals surface area contributed by atoms with E-state index in [4.69, 9.17) is 9.13 Å². The number of rotatable bonds is 1. The first-order valence-corrected chi connectivity index (χ1v) is 4.75. The van der Waals surface area contributed by atoms with E-state index in [0.29, 0.717) is 0 Å². The summed E-state index contributed by atoms with van der Waals surface area (Å²) in [6, 6.07) is 10.3. The molecule has 0 aliphatic heterocycles. The van der Waals surface area contributed by atoms with E-state index in [0.717, 1.165) is 5.33 Å². The van der Waals surface area contributed by atoms with Crippen LogP contribution in [0.15, 0.2) is 30.3 Å². The largest absolute Gasteiger partial charge is 1.00 e. The Balaban J connectivity index is -0.000000180.